The smallest absolute Gasteiger partial charge is 0.296 e. The number of hydrogen-bond acceptors (Lipinski definition) is 4. The lowest BCUT2D eigenvalue weighted by atomic mass is 9.90. The van der Waals surface area contributed by atoms with Crippen molar-refractivity contribution in [1.29, 1.82) is 0 Å². The maximum absolute atomic E-state index is 13.1. The molecule has 32 heavy (non-hydrogen) atoms. The van der Waals surface area contributed by atoms with Gasteiger partial charge in [0.2, 0.25) is 0 Å². The molecular formula is C24H25FN4O3. The van der Waals surface area contributed by atoms with Gasteiger partial charge in [0, 0.05) is 33.4 Å². The van der Waals surface area contributed by atoms with Crippen molar-refractivity contribution >= 4 is 23.2 Å². The summed E-state index contributed by atoms with van der Waals surface area (Å²) in [6, 6.07) is 9.94. The zero-order chi connectivity index (χ0) is 22.8. The molecule has 0 spiro atoms. The molecule has 0 atom stereocenters. The Morgan fingerprint density at radius 3 is 2.41 bits per heavy atom. The molecule has 1 fully saturated rings. The first kappa shape index (κ1) is 21.7. The van der Waals surface area contributed by atoms with E-state index in [1.165, 1.54) is 41.7 Å². The Morgan fingerprint density at radius 2 is 1.75 bits per heavy atom. The van der Waals surface area contributed by atoms with Gasteiger partial charge in [0.15, 0.2) is 0 Å². The number of ketones is 1. The lowest BCUT2D eigenvalue weighted by Gasteiger charge is -2.32. The number of fused-ring (bicyclic) bond motifs is 1. The molecule has 0 N–H and O–H groups in total. The molecule has 4 rings (SSSR count). The van der Waals surface area contributed by atoms with Crippen LogP contribution in [-0.2, 0) is 11.2 Å². The van der Waals surface area contributed by atoms with Gasteiger partial charge >= 0.3 is 0 Å². The molecule has 0 bridgehead atoms. The van der Waals surface area contributed by atoms with Crippen molar-refractivity contribution in [3.8, 4) is 0 Å². The number of carbonyl (C=O) groups is 3. The minimum absolute atomic E-state index is 0.113. The topological polar surface area (TPSA) is 75.0 Å². The highest BCUT2D eigenvalue weighted by molar-refractivity contribution is 6.42. The van der Waals surface area contributed by atoms with Crippen molar-refractivity contribution in [3.63, 3.8) is 0 Å². The van der Waals surface area contributed by atoms with Crippen molar-refractivity contribution < 1.29 is 18.8 Å². The molecule has 8 heteroatoms. The van der Waals surface area contributed by atoms with E-state index in [1.807, 2.05) is 17.0 Å². The average molecular weight is 436 g/mol. The number of benzene rings is 1. The molecule has 7 nitrogen and oxygen atoms in total. The molecule has 0 radical (unpaired) electrons. The lowest BCUT2D eigenvalue weighted by Crippen LogP contribution is -2.39. The van der Waals surface area contributed by atoms with Gasteiger partial charge in [0.1, 0.15) is 17.2 Å². The second kappa shape index (κ2) is 8.90. The van der Waals surface area contributed by atoms with E-state index in [0.29, 0.717) is 30.2 Å². The number of halogens is 1. The molecule has 2 amide bonds. The van der Waals surface area contributed by atoms with Crippen LogP contribution in [0.2, 0.25) is 0 Å². The maximum atomic E-state index is 13.1. The first-order valence-electron chi connectivity index (χ1n) is 10.6. The van der Waals surface area contributed by atoms with Gasteiger partial charge in [-0.25, -0.2) is 9.37 Å². The summed E-state index contributed by atoms with van der Waals surface area (Å²) in [5, 5.41) is 0. The Hall–Kier alpha value is -3.55. The largest absolute Gasteiger partial charge is 0.342 e. The number of hydrogen-bond donors (Lipinski definition) is 0. The van der Waals surface area contributed by atoms with Gasteiger partial charge in [0.25, 0.3) is 17.6 Å². The number of carbonyl (C=O) groups excluding carboxylic acids is 3. The Kier molecular flexibility index (Phi) is 6.03. The fraction of sp³-hybridized carbons (Fsp3) is 0.333. The third kappa shape index (κ3) is 4.39. The van der Waals surface area contributed by atoms with Crippen molar-refractivity contribution in [3.05, 3.63) is 71.4 Å². The van der Waals surface area contributed by atoms with Gasteiger partial charge in [0.05, 0.1) is 11.8 Å². The highest BCUT2D eigenvalue weighted by atomic mass is 19.1. The van der Waals surface area contributed by atoms with Gasteiger partial charge in [-0.15, -0.1) is 0 Å². The standard InChI is InChI=1S/C24H25FN4O3/c1-27(2)24(32)22(30)20-14-26-21-8-5-18(15-29(20)21)23(31)28-11-9-17(10-12-28)13-16-3-6-19(25)7-4-16/h3-8,14-15,17H,9-13H2,1-2H3. The molecular weight excluding hydrogens is 411 g/mol. The molecule has 1 aliphatic rings. The molecule has 0 aliphatic carbocycles. The Bertz CT molecular complexity index is 1160. The summed E-state index contributed by atoms with van der Waals surface area (Å²) in [5.41, 5.74) is 2.17. The third-order valence-corrected chi connectivity index (χ3v) is 5.93. The van der Waals surface area contributed by atoms with E-state index >= 15 is 0 Å². The SMILES string of the molecule is CN(C)C(=O)C(=O)c1cnc2ccc(C(=O)N3CCC(Cc4ccc(F)cc4)CC3)cn12. The predicted molar refractivity (Wildman–Crippen MR) is 117 cm³/mol. The van der Waals surface area contributed by atoms with E-state index in [9.17, 15) is 18.8 Å². The molecule has 2 aromatic heterocycles. The summed E-state index contributed by atoms with van der Waals surface area (Å²) in [7, 11) is 3.02. The van der Waals surface area contributed by atoms with Crippen molar-refractivity contribution in [2.75, 3.05) is 27.2 Å². The van der Waals surface area contributed by atoms with E-state index in [-0.39, 0.29) is 17.4 Å². The highest BCUT2D eigenvalue weighted by Gasteiger charge is 2.26. The van der Waals surface area contributed by atoms with Crippen LogP contribution in [0.3, 0.4) is 0 Å². The summed E-state index contributed by atoms with van der Waals surface area (Å²) in [6.45, 7) is 1.27. The lowest BCUT2D eigenvalue weighted by molar-refractivity contribution is -0.124. The zero-order valence-electron chi connectivity index (χ0n) is 18.1. The molecule has 3 aromatic rings. The number of aromatic nitrogens is 2. The molecule has 166 valence electrons. The number of imidazole rings is 1. The monoisotopic (exact) mass is 436 g/mol. The summed E-state index contributed by atoms with van der Waals surface area (Å²) in [4.78, 5) is 44.8. The number of nitrogens with zero attached hydrogens (tertiary/aromatic N) is 4. The number of likely N-dealkylation sites (N-methyl/N-ethyl adjacent to an activating group) is 1. The third-order valence-electron chi connectivity index (χ3n) is 5.93. The minimum Gasteiger partial charge on any atom is -0.342 e. The van der Waals surface area contributed by atoms with Crippen LogP contribution in [0.4, 0.5) is 4.39 Å². The first-order chi connectivity index (χ1) is 15.3. The normalized spacial score (nSPS) is 14.5. The van der Waals surface area contributed by atoms with Gasteiger partial charge < -0.3 is 9.80 Å². The van der Waals surface area contributed by atoms with Crippen molar-refractivity contribution in [2.45, 2.75) is 19.3 Å². The number of amides is 2. The molecule has 3 heterocycles. The molecule has 1 aliphatic heterocycles. The number of rotatable bonds is 5. The van der Waals surface area contributed by atoms with Crippen LogP contribution in [0.1, 0.15) is 39.3 Å². The highest BCUT2D eigenvalue weighted by Crippen LogP contribution is 2.23. The molecule has 1 aromatic carbocycles. The Balaban J connectivity index is 1.45. The second-order valence-electron chi connectivity index (χ2n) is 8.38. The molecule has 0 saturated carbocycles. The zero-order valence-corrected chi connectivity index (χ0v) is 18.1. The van der Waals surface area contributed by atoms with Crippen LogP contribution in [0.25, 0.3) is 5.65 Å². The maximum Gasteiger partial charge on any atom is 0.296 e. The van der Waals surface area contributed by atoms with E-state index in [4.69, 9.17) is 0 Å². The Morgan fingerprint density at radius 1 is 1.06 bits per heavy atom. The summed E-state index contributed by atoms with van der Waals surface area (Å²) in [6.07, 6.45) is 5.55. The van der Waals surface area contributed by atoms with Crippen molar-refractivity contribution in [2.24, 2.45) is 5.92 Å². The molecule has 1 saturated heterocycles. The fourth-order valence-electron chi connectivity index (χ4n) is 4.06. The number of piperidine rings is 1. The van der Waals surface area contributed by atoms with E-state index in [2.05, 4.69) is 4.98 Å². The van der Waals surface area contributed by atoms with Gasteiger partial charge in [-0.05, 0) is 55.0 Å². The minimum atomic E-state index is -0.672. The molecule has 0 unspecified atom stereocenters. The van der Waals surface area contributed by atoms with Gasteiger partial charge in [-0.3, -0.25) is 18.8 Å². The number of pyridine rings is 1. The summed E-state index contributed by atoms with van der Waals surface area (Å²) < 4.78 is 14.6. The Labute approximate surface area is 185 Å². The van der Waals surface area contributed by atoms with Crippen LogP contribution >= 0.6 is 0 Å². The van der Waals surface area contributed by atoms with E-state index in [1.54, 1.807) is 18.3 Å². The summed E-state index contributed by atoms with van der Waals surface area (Å²) >= 11 is 0. The predicted octanol–water partition coefficient (Wildman–Crippen LogP) is 2.84. The first-order valence-corrected chi connectivity index (χ1v) is 10.6. The van der Waals surface area contributed by atoms with Gasteiger partial charge in [-0.2, -0.15) is 0 Å². The van der Waals surface area contributed by atoms with Crippen LogP contribution in [0, 0.1) is 11.7 Å². The fourth-order valence-corrected chi connectivity index (χ4v) is 4.06. The van der Waals surface area contributed by atoms with Crippen LogP contribution < -0.4 is 0 Å². The van der Waals surface area contributed by atoms with Crippen LogP contribution in [0.15, 0.2) is 48.8 Å². The summed E-state index contributed by atoms with van der Waals surface area (Å²) in [5.74, 6) is -1.22. The number of Topliss-reactive ketones (excluding diaryl/α,β-unsaturated/α-hetero) is 1. The van der Waals surface area contributed by atoms with E-state index < -0.39 is 11.7 Å². The van der Waals surface area contributed by atoms with Crippen LogP contribution in [0.5, 0.6) is 0 Å². The quantitative estimate of drug-likeness (QED) is 0.455. The second-order valence-corrected chi connectivity index (χ2v) is 8.38. The van der Waals surface area contributed by atoms with E-state index in [0.717, 1.165) is 24.8 Å². The number of likely N-dealkylation sites (tertiary alicyclic amines) is 1. The van der Waals surface area contributed by atoms with Crippen LogP contribution in [-0.4, -0.2) is 64.0 Å². The average Bonchev–Trinajstić information content (AvgIpc) is 3.23. The van der Waals surface area contributed by atoms with Crippen molar-refractivity contribution in [1.82, 2.24) is 19.2 Å². The van der Waals surface area contributed by atoms with Gasteiger partial charge in [-0.1, -0.05) is 12.1 Å².